The van der Waals surface area contributed by atoms with Gasteiger partial charge in [0.25, 0.3) is 0 Å². The molecular weight excluding hydrogens is 326 g/mol. The third kappa shape index (κ3) is 4.12. The molecule has 4 heteroatoms. The molecule has 2 fully saturated rings. The molecule has 2 heterocycles. The highest BCUT2D eigenvalue weighted by Crippen LogP contribution is 2.35. The van der Waals surface area contributed by atoms with E-state index in [1.54, 1.807) is 0 Å². The predicted molar refractivity (Wildman–Crippen MR) is 101 cm³/mol. The van der Waals surface area contributed by atoms with Crippen molar-refractivity contribution in [3.63, 3.8) is 0 Å². The molecule has 140 valence electrons. The van der Waals surface area contributed by atoms with Gasteiger partial charge in [0.15, 0.2) is 0 Å². The molecule has 1 aromatic rings. The number of ether oxygens (including phenoxy) is 2. The van der Waals surface area contributed by atoms with Gasteiger partial charge in [0.05, 0.1) is 25.3 Å². The van der Waals surface area contributed by atoms with Gasteiger partial charge in [0.1, 0.15) is 6.61 Å². The van der Waals surface area contributed by atoms with Gasteiger partial charge < -0.3 is 9.47 Å². The number of hydrogen-bond donors (Lipinski definition) is 0. The van der Waals surface area contributed by atoms with Gasteiger partial charge in [-0.1, -0.05) is 74.1 Å². The molecule has 3 aliphatic rings. The van der Waals surface area contributed by atoms with Gasteiger partial charge in [-0.05, 0) is 24.3 Å². The summed E-state index contributed by atoms with van der Waals surface area (Å²) < 4.78 is 11.3. The molecule has 4 rings (SSSR count). The minimum absolute atomic E-state index is 0.0318. The zero-order chi connectivity index (χ0) is 17.8. The highest BCUT2D eigenvalue weighted by Gasteiger charge is 2.39. The van der Waals surface area contributed by atoms with E-state index in [-0.39, 0.29) is 18.2 Å². The summed E-state index contributed by atoms with van der Waals surface area (Å²) in [6.45, 7) is 1.54. The average Bonchev–Trinajstić information content (AvgIpc) is 2.67. The van der Waals surface area contributed by atoms with Crippen LogP contribution in [0, 0.1) is 5.92 Å². The van der Waals surface area contributed by atoms with Crippen LogP contribution in [0.2, 0.25) is 0 Å². The first kappa shape index (κ1) is 17.6. The molecule has 2 unspecified atom stereocenters. The lowest BCUT2D eigenvalue weighted by Gasteiger charge is -2.44. The number of nitrogens with zero attached hydrogens (tertiary/aromatic N) is 1. The van der Waals surface area contributed by atoms with Gasteiger partial charge in [0, 0.05) is 0 Å². The number of morpholine rings is 1. The van der Waals surface area contributed by atoms with Crippen LogP contribution >= 0.6 is 0 Å². The van der Waals surface area contributed by atoms with Crippen LogP contribution in [0.5, 0.6) is 0 Å². The molecule has 1 saturated heterocycles. The Balaban J connectivity index is 1.38. The first-order valence-corrected chi connectivity index (χ1v) is 10.1. The van der Waals surface area contributed by atoms with Crippen LogP contribution in [-0.4, -0.2) is 36.3 Å². The van der Waals surface area contributed by atoms with E-state index in [9.17, 15) is 4.79 Å². The number of carbonyl (C=O) groups is 1. The lowest BCUT2D eigenvalue weighted by molar-refractivity contribution is -0.0378. The number of amides is 1. The van der Waals surface area contributed by atoms with E-state index in [0.717, 1.165) is 17.9 Å². The van der Waals surface area contributed by atoms with Gasteiger partial charge in [-0.15, -0.1) is 0 Å². The minimum atomic E-state index is -0.208. The van der Waals surface area contributed by atoms with Gasteiger partial charge in [0.2, 0.25) is 0 Å². The number of rotatable bonds is 4. The number of benzene rings is 1. The Hall–Kier alpha value is -1.81. The van der Waals surface area contributed by atoms with Crippen molar-refractivity contribution in [2.75, 3.05) is 13.2 Å². The second-order valence-electron chi connectivity index (χ2n) is 7.94. The second kappa shape index (κ2) is 8.26. The molecule has 1 aliphatic carbocycles. The van der Waals surface area contributed by atoms with Crippen LogP contribution in [0.25, 0.3) is 0 Å². The molecule has 1 amide bonds. The van der Waals surface area contributed by atoms with Crippen LogP contribution in [0.15, 0.2) is 42.0 Å². The van der Waals surface area contributed by atoms with Crippen molar-refractivity contribution in [1.82, 2.24) is 4.90 Å². The lowest BCUT2D eigenvalue weighted by atomic mass is 9.81. The fraction of sp³-hybridized carbons (Fsp3) is 0.591. The quantitative estimate of drug-likeness (QED) is 0.735. The summed E-state index contributed by atoms with van der Waals surface area (Å²) in [4.78, 5) is 14.6. The summed E-state index contributed by atoms with van der Waals surface area (Å²) >= 11 is 0. The minimum Gasteiger partial charge on any atom is -0.445 e. The Kier molecular flexibility index (Phi) is 5.59. The summed E-state index contributed by atoms with van der Waals surface area (Å²) in [6, 6.07) is 10.0. The summed E-state index contributed by atoms with van der Waals surface area (Å²) in [7, 11) is 0. The summed E-state index contributed by atoms with van der Waals surface area (Å²) in [5, 5.41) is 0. The topological polar surface area (TPSA) is 38.8 Å². The van der Waals surface area contributed by atoms with Crippen molar-refractivity contribution < 1.29 is 14.3 Å². The molecule has 2 bridgehead atoms. The van der Waals surface area contributed by atoms with Gasteiger partial charge in [-0.2, -0.15) is 0 Å². The maximum Gasteiger partial charge on any atom is 0.411 e. The Morgan fingerprint density at radius 2 is 1.92 bits per heavy atom. The van der Waals surface area contributed by atoms with E-state index in [0.29, 0.717) is 19.8 Å². The van der Waals surface area contributed by atoms with Crippen LogP contribution in [0.3, 0.4) is 0 Å². The van der Waals surface area contributed by atoms with E-state index in [1.807, 2.05) is 35.2 Å². The molecule has 1 saturated carbocycles. The van der Waals surface area contributed by atoms with Gasteiger partial charge >= 0.3 is 6.09 Å². The first-order chi connectivity index (χ1) is 12.8. The molecule has 0 spiro atoms. The highest BCUT2D eigenvalue weighted by atomic mass is 16.6. The highest BCUT2D eigenvalue weighted by molar-refractivity contribution is 5.69. The first-order valence-electron chi connectivity index (χ1n) is 10.1. The second-order valence-corrected chi connectivity index (χ2v) is 7.94. The van der Waals surface area contributed by atoms with Crippen molar-refractivity contribution >= 4 is 6.09 Å². The summed E-state index contributed by atoms with van der Waals surface area (Å²) in [5.74, 6) is 0.841. The van der Waals surface area contributed by atoms with Gasteiger partial charge in [-0.3, -0.25) is 4.90 Å². The summed E-state index contributed by atoms with van der Waals surface area (Å²) in [6.07, 6.45) is 11.1. The van der Waals surface area contributed by atoms with Gasteiger partial charge in [-0.25, -0.2) is 4.79 Å². The molecule has 1 aromatic carbocycles. The molecular formula is C22H29NO3. The monoisotopic (exact) mass is 355 g/mol. The average molecular weight is 355 g/mol. The van der Waals surface area contributed by atoms with Crippen LogP contribution < -0.4 is 0 Å². The Morgan fingerprint density at radius 1 is 1.12 bits per heavy atom. The zero-order valence-electron chi connectivity index (χ0n) is 15.4. The fourth-order valence-corrected chi connectivity index (χ4v) is 4.68. The Morgan fingerprint density at radius 3 is 2.69 bits per heavy atom. The van der Waals surface area contributed by atoms with Crippen molar-refractivity contribution in [2.45, 2.75) is 63.6 Å². The maximum atomic E-state index is 12.7. The van der Waals surface area contributed by atoms with Crippen molar-refractivity contribution in [2.24, 2.45) is 5.92 Å². The molecule has 0 N–H and O–H groups in total. The van der Waals surface area contributed by atoms with E-state index in [4.69, 9.17) is 9.47 Å². The standard InChI is InChI=1S/C22H29NO3/c24-22(26-14-18-9-5-2-6-10-18)23-20-12-19(13-21(23)16-25-15-20)11-17-7-3-1-4-8-17/h2,5-6,9-10,12,17,20-21H,1,3-4,7-8,11,13-16H2. The molecule has 2 atom stereocenters. The number of carbonyl (C=O) groups excluding carboxylic acids is 1. The zero-order valence-corrected chi connectivity index (χ0v) is 15.4. The smallest absolute Gasteiger partial charge is 0.411 e. The van der Waals surface area contributed by atoms with Crippen LogP contribution in [0.1, 0.15) is 50.5 Å². The molecule has 4 nitrogen and oxygen atoms in total. The van der Waals surface area contributed by atoms with Crippen molar-refractivity contribution in [1.29, 1.82) is 0 Å². The maximum absolute atomic E-state index is 12.7. The SMILES string of the molecule is O=C(OCc1ccccc1)N1C2C=C(CC3CCCCC3)CC1COC2. The Labute approximate surface area is 156 Å². The lowest BCUT2D eigenvalue weighted by Crippen LogP contribution is -2.56. The number of fused-ring (bicyclic) bond motifs is 2. The number of hydrogen-bond acceptors (Lipinski definition) is 3. The van der Waals surface area contributed by atoms with E-state index < -0.39 is 0 Å². The third-order valence-corrected chi connectivity index (χ3v) is 5.97. The molecule has 0 radical (unpaired) electrons. The summed E-state index contributed by atoms with van der Waals surface area (Å²) in [5.41, 5.74) is 2.55. The van der Waals surface area contributed by atoms with Crippen molar-refractivity contribution in [3.05, 3.63) is 47.5 Å². The fourth-order valence-electron chi connectivity index (χ4n) is 4.68. The normalized spacial score (nSPS) is 26.3. The Bertz CT molecular complexity index is 636. The van der Waals surface area contributed by atoms with Crippen LogP contribution in [-0.2, 0) is 16.1 Å². The largest absolute Gasteiger partial charge is 0.445 e. The van der Waals surface area contributed by atoms with E-state index in [2.05, 4.69) is 6.08 Å². The van der Waals surface area contributed by atoms with Crippen LogP contribution in [0.4, 0.5) is 4.79 Å². The molecule has 2 aliphatic heterocycles. The van der Waals surface area contributed by atoms with E-state index >= 15 is 0 Å². The predicted octanol–water partition coefficient (Wildman–Crippen LogP) is 4.69. The molecule has 0 aromatic heterocycles. The van der Waals surface area contributed by atoms with E-state index in [1.165, 1.54) is 44.1 Å². The van der Waals surface area contributed by atoms with Crippen molar-refractivity contribution in [3.8, 4) is 0 Å². The molecule has 26 heavy (non-hydrogen) atoms. The third-order valence-electron chi connectivity index (χ3n) is 5.97.